The van der Waals surface area contributed by atoms with Crippen LogP contribution in [-0.4, -0.2) is 10.1 Å². The van der Waals surface area contributed by atoms with Crippen LogP contribution in [0.15, 0.2) is 42.6 Å². The molecule has 2 nitrogen and oxygen atoms in total. The molecule has 94 valence electrons. The van der Waals surface area contributed by atoms with Gasteiger partial charge in [-0.15, -0.1) is 0 Å². The second kappa shape index (κ2) is 4.86. The standard InChI is InChI=1S/C15H16FNO/c1-11-6-7-12(9-14(11)16)15(2,18)10-13-5-3-4-8-17-13/h3-9,18H,10H2,1-2H3. The number of aromatic nitrogens is 1. The van der Waals surface area contributed by atoms with E-state index >= 15 is 0 Å². The SMILES string of the molecule is Cc1ccc(C(C)(O)Cc2ccccn2)cc1F. The highest BCUT2D eigenvalue weighted by Gasteiger charge is 2.24. The molecule has 0 saturated heterocycles. The largest absolute Gasteiger partial charge is 0.385 e. The van der Waals surface area contributed by atoms with Crippen molar-refractivity contribution in [1.29, 1.82) is 0 Å². The van der Waals surface area contributed by atoms with Gasteiger partial charge in [-0.2, -0.15) is 0 Å². The van der Waals surface area contributed by atoms with Crippen molar-refractivity contribution in [1.82, 2.24) is 4.98 Å². The maximum absolute atomic E-state index is 13.5. The highest BCUT2D eigenvalue weighted by molar-refractivity contribution is 5.28. The maximum Gasteiger partial charge on any atom is 0.126 e. The third-order valence-corrected chi connectivity index (χ3v) is 3.05. The quantitative estimate of drug-likeness (QED) is 0.901. The molecule has 0 aliphatic carbocycles. The van der Waals surface area contributed by atoms with Crippen molar-refractivity contribution in [3.63, 3.8) is 0 Å². The highest BCUT2D eigenvalue weighted by Crippen LogP contribution is 2.26. The second-order valence-electron chi connectivity index (χ2n) is 4.74. The molecule has 0 aliphatic heterocycles. The molecule has 1 aromatic heterocycles. The minimum absolute atomic E-state index is 0.297. The first kappa shape index (κ1) is 12.7. The first-order chi connectivity index (χ1) is 8.49. The number of hydrogen-bond acceptors (Lipinski definition) is 2. The van der Waals surface area contributed by atoms with Crippen molar-refractivity contribution in [2.75, 3.05) is 0 Å². The van der Waals surface area contributed by atoms with E-state index in [-0.39, 0.29) is 5.82 Å². The van der Waals surface area contributed by atoms with Crippen LogP contribution in [0.2, 0.25) is 0 Å². The van der Waals surface area contributed by atoms with E-state index in [1.807, 2.05) is 18.2 Å². The van der Waals surface area contributed by atoms with Crippen LogP contribution in [0.25, 0.3) is 0 Å². The van der Waals surface area contributed by atoms with Gasteiger partial charge in [-0.1, -0.05) is 18.2 Å². The number of benzene rings is 1. The van der Waals surface area contributed by atoms with Gasteiger partial charge in [0, 0.05) is 18.3 Å². The Morgan fingerprint density at radius 2 is 2.06 bits per heavy atom. The molecule has 1 heterocycles. The molecule has 18 heavy (non-hydrogen) atoms. The molecule has 0 radical (unpaired) electrons. The summed E-state index contributed by atoms with van der Waals surface area (Å²) in [5.41, 5.74) is 0.801. The van der Waals surface area contributed by atoms with Gasteiger partial charge in [-0.3, -0.25) is 4.98 Å². The molecular formula is C15H16FNO. The van der Waals surface area contributed by atoms with Gasteiger partial charge in [-0.05, 0) is 43.2 Å². The predicted molar refractivity (Wildman–Crippen MR) is 68.6 cm³/mol. The van der Waals surface area contributed by atoms with Crippen LogP contribution in [-0.2, 0) is 12.0 Å². The Morgan fingerprint density at radius 1 is 1.28 bits per heavy atom. The number of nitrogens with zero attached hydrogens (tertiary/aromatic N) is 1. The third kappa shape index (κ3) is 2.74. The van der Waals surface area contributed by atoms with E-state index < -0.39 is 5.60 Å². The van der Waals surface area contributed by atoms with Gasteiger partial charge in [0.05, 0.1) is 5.60 Å². The monoisotopic (exact) mass is 245 g/mol. The number of halogens is 1. The number of rotatable bonds is 3. The molecule has 1 aromatic carbocycles. The van der Waals surface area contributed by atoms with Gasteiger partial charge in [0.15, 0.2) is 0 Å². The summed E-state index contributed by atoms with van der Waals surface area (Å²) in [4.78, 5) is 4.18. The number of aliphatic hydroxyl groups is 1. The van der Waals surface area contributed by atoms with Crippen molar-refractivity contribution >= 4 is 0 Å². The molecule has 0 spiro atoms. The summed E-state index contributed by atoms with van der Waals surface area (Å²) < 4.78 is 13.5. The zero-order valence-electron chi connectivity index (χ0n) is 10.5. The zero-order chi connectivity index (χ0) is 13.2. The molecule has 2 aromatic rings. The van der Waals surface area contributed by atoms with Crippen LogP contribution in [0.5, 0.6) is 0 Å². The van der Waals surface area contributed by atoms with E-state index in [4.69, 9.17) is 0 Å². The smallest absolute Gasteiger partial charge is 0.126 e. The summed E-state index contributed by atoms with van der Waals surface area (Å²) in [6.45, 7) is 3.37. The minimum atomic E-state index is -1.12. The Balaban J connectivity index is 2.27. The summed E-state index contributed by atoms with van der Waals surface area (Å²) in [6, 6.07) is 10.4. The summed E-state index contributed by atoms with van der Waals surface area (Å²) in [5, 5.41) is 10.4. The maximum atomic E-state index is 13.5. The average molecular weight is 245 g/mol. The van der Waals surface area contributed by atoms with Crippen molar-refractivity contribution < 1.29 is 9.50 Å². The Hall–Kier alpha value is -1.74. The summed E-state index contributed by atoms with van der Waals surface area (Å²) in [6.07, 6.45) is 2.04. The van der Waals surface area contributed by atoms with Gasteiger partial charge in [0.1, 0.15) is 5.82 Å². The molecule has 1 unspecified atom stereocenters. The Bertz CT molecular complexity index is 537. The van der Waals surface area contributed by atoms with Crippen molar-refractivity contribution in [3.8, 4) is 0 Å². The lowest BCUT2D eigenvalue weighted by Crippen LogP contribution is -2.25. The van der Waals surface area contributed by atoms with Crippen LogP contribution in [0.1, 0.15) is 23.7 Å². The highest BCUT2D eigenvalue weighted by atomic mass is 19.1. The molecule has 0 fully saturated rings. The zero-order valence-corrected chi connectivity index (χ0v) is 10.5. The van der Waals surface area contributed by atoms with Gasteiger partial charge in [-0.25, -0.2) is 4.39 Å². The number of aryl methyl sites for hydroxylation is 1. The lowest BCUT2D eigenvalue weighted by atomic mass is 9.90. The topological polar surface area (TPSA) is 33.1 Å². The van der Waals surface area contributed by atoms with Crippen molar-refractivity contribution in [2.45, 2.75) is 25.9 Å². The first-order valence-electron chi connectivity index (χ1n) is 5.88. The number of hydrogen-bond donors (Lipinski definition) is 1. The lowest BCUT2D eigenvalue weighted by molar-refractivity contribution is 0.0562. The van der Waals surface area contributed by atoms with Gasteiger partial charge < -0.3 is 5.11 Å². The van der Waals surface area contributed by atoms with Crippen molar-refractivity contribution in [2.24, 2.45) is 0 Å². The summed E-state index contributed by atoms with van der Waals surface area (Å²) >= 11 is 0. The Morgan fingerprint density at radius 3 is 2.67 bits per heavy atom. The van der Waals surface area contributed by atoms with E-state index in [1.165, 1.54) is 6.07 Å². The normalized spacial score (nSPS) is 14.2. The fourth-order valence-corrected chi connectivity index (χ4v) is 1.89. The lowest BCUT2D eigenvalue weighted by Gasteiger charge is -2.23. The van der Waals surface area contributed by atoms with Crippen LogP contribution >= 0.6 is 0 Å². The Kier molecular flexibility index (Phi) is 3.43. The molecule has 0 bridgehead atoms. The molecule has 3 heteroatoms. The van der Waals surface area contributed by atoms with E-state index in [2.05, 4.69) is 4.98 Å². The predicted octanol–water partition coefficient (Wildman–Crippen LogP) is 2.98. The third-order valence-electron chi connectivity index (χ3n) is 3.05. The summed E-state index contributed by atoms with van der Waals surface area (Å²) in [5.74, 6) is -0.297. The Labute approximate surface area is 106 Å². The number of pyridine rings is 1. The molecular weight excluding hydrogens is 229 g/mol. The fraction of sp³-hybridized carbons (Fsp3) is 0.267. The van der Waals surface area contributed by atoms with E-state index in [1.54, 1.807) is 32.2 Å². The molecule has 2 rings (SSSR count). The van der Waals surface area contributed by atoms with Crippen LogP contribution in [0.4, 0.5) is 4.39 Å². The minimum Gasteiger partial charge on any atom is -0.385 e. The molecule has 0 amide bonds. The first-order valence-corrected chi connectivity index (χ1v) is 5.88. The van der Waals surface area contributed by atoms with Crippen molar-refractivity contribution in [3.05, 3.63) is 65.2 Å². The molecule has 1 atom stereocenters. The molecule has 0 aliphatic rings. The van der Waals surface area contributed by atoms with E-state index in [9.17, 15) is 9.50 Å². The average Bonchev–Trinajstić information content (AvgIpc) is 2.33. The van der Waals surface area contributed by atoms with Crippen LogP contribution in [0, 0.1) is 12.7 Å². The van der Waals surface area contributed by atoms with E-state index in [0.29, 0.717) is 17.5 Å². The van der Waals surface area contributed by atoms with Gasteiger partial charge >= 0.3 is 0 Å². The van der Waals surface area contributed by atoms with Gasteiger partial charge in [0.25, 0.3) is 0 Å². The molecule has 1 N–H and O–H groups in total. The van der Waals surface area contributed by atoms with Crippen LogP contribution in [0.3, 0.4) is 0 Å². The fourth-order valence-electron chi connectivity index (χ4n) is 1.89. The van der Waals surface area contributed by atoms with Crippen LogP contribution < -0.4 is 0 Å². The van der Waals surface area contributed by atoms with E-state index in [0.717, 1.165) is 5.69 Å². The second-order valence-corrected chi connectivity index (χ2v) is 4.74. The van der Waals surface area contributed by atoms with Gasteiger partial charge in [0.2, 0.25) is 0 Å². The summed E-state index contributed by atoms with van der Waals surface area (Å²) in [7, 11) is 0. The molecule has 0 saturated carbocycles.